The van der Waals surface area contributed by atoms with E-state index < -0.39 is 11.7 Å². The first-order valence-corrected chi connectivity index (χ1v) is 7.19. The molecule has 5 heteroatoms. The molecule has 2 heterocycles. The van der Waals surface area contributed by atoms with Crippen molar-refractivity contribution in [3.8, 4) is 5.75 Å². The molecule has 21 heavy (non-hydrogen) atoms. The molecule has 3 rings (SSSR count). The summed E-state index contributed by atoms with van der Waals surface area (Å²) in [6, 6.07) is 4.64. The van der Waals surface area contributed by atoms with Crippen LogP contribution in [0.15, 0.2) is 24.3 Å². The first-order valence-electron chi connectivity index (χ1n) is 7.19. The van der Waals surface area contributed by atoms with Gasteiger partial charge in [-0.2, -0.15) is 13.2 Å². The summed E-state index contributed by atoms with van der Waals surface area (Å²) in [6.45, 7) is 0. The summed E-state index contributed by atoms with van der Waals surface area (Å²) in [5.74, 6) is 0.254. The molecule has 0 spiro atoms. The van der Waals surface area contributed by atoms with E-state index in [4.69, 9.17) is 4.74 Å². The van der Waals surface area contributed by atoms with E-state index in [0.717, 1.165) is 30.9 Å². The number of rotatable bonds is 2. The van der Waals surface area contributed by atoms with Crippen LogP contribution in [0, 0.1) is 0 Å². The Kier molecular flexibility index (Phi) is 3.69. The van der Waals surface area contributed by atoms with Gasteiger partial charge in [0.2, 0.25) is 0 Å². The van der Waals surface area contributed by atoms with Crippen LogP contribution in [0.25, 0.3) is 5.57 Å². The molecule has 2 atom stereocenters. The summed E-state index contributed by atoms with van der Waals surface area (Å²) in [7, 11) is 1.39. The fourth-order valence-corrected chi connectivity index (χ4v) is 3.20. The van der Waals surface area contributed by atoms with Crippen molar-refractivity contribution in [2.75, 3.05) is 7.11 Å². The van der Waals surface area contributed by atoms with Gasteiger partial charge in [-0.05, 0) is 48.6 Å². The molecule has 0 saturated carbocycles. The molecule has 0 aromatic heterocycles. The summed E-state index contributed by atoms with van der Waals surface area (Å²) in [6.07, 6.45) is 1.82. The molecule has 0 amide bonds. The highest BCUT2D eigenvalue weighted by atomic mass is 19.4. The zero-order valence-corrected chi connectivity index (χ0v) is 11.8. The number of nitrogens with one attached hydrogen (secondary N) is 1. The van der Waals surface area contributed by atoms with Crippen LogP contribution in [0.4, 0.5) is 13.2 Å². The van der Waals surface area contributed by atoms with E-state index in [9.17, 15) is 13.2 Å². The van der Waals surface area contributed by atoms with Gasteiger partial charge >= 0.3 is 6.18 Å². The largest absolute Gasteiger partial charge is 0.497 e. The molecule has 2 aliphatic heterocycles. The molecule has 1 aromatic rings. The van der Waals surface area contributed by atoms with Crippen molar-refractivity contribution in [3.63, 3.8) is 0 Å². The summed E-state index contributed by atoms with van der Waals surface area (Å²) in [5, 5.41) is 3.50. The fraction of sp³-hybridized carbons (Fsp3) is 0.500. The van der Waals surface area contributed by atoms with Gasteiger partial charge in [-0.15, -0.1) is 0 Å². The summed E-state index contributed by atoms with van der Waals surface area (Å²) in [5.41, 5.74) is 0.967. The minimum Gasteiger partial charge on any atom is -0.497 e. The average molecular weight is 297 g/mol. The first kappa shape index (κ1) is 14.4. The summed E-state index contributed by atoms with van der Waals surface area (Å²) >= 11 is 0. The zero-order valence-electron chi connectivity index (χ0n) is 11.8. The van der Waals surface area contributed by atoms with Gasteiger partial charge in [0.15, 0.2) is 0 Å². The smallest absolute Gasteiger partial charge is 0.416 e. The maximum Gasteiger partial charge on any atom is 0.416 e. The van der Waals surface area contributed by atoms with Gasteiger partial charge in [-0.25, -0.2) is 0 Å². The zero-order chi connectivity index (χ0) is 15.0. The lowest BCUT2D eigenvalue weighted by Gasteiger charge is -2.35. The summed E-state index contributed by atoms with van der Waals surface area (Å²) in [4.78, 5) is 0. The maximum absolute atomic E-state index is 13.0. The van der Waals surface area contributed by atoms with Crippen molar-refractivity contribution >= 4 is 5.57 Å². The standard InChI is InChI=1S/C16H18F3NO/c1-21-15-8-10(5-12(9-15)16(17,18)19)11-6-13-3-2-4-14(7-11)20-13/h5-6,8-9,13-14,20H,2-4,7H2,1H3. The Morgan fingerprint density at radius 1 is 1.19 bits per heavy atom. The Hall–Kier alpha value is -1.49. The number of methoxy groups -OCH3 is 1. The Labute approximate surface area is 122 Å². The van der Waals surface area contributed by atoms with Crippen molar-refractivity contribution in [1.82, 2.24) is 5.32 Å². The normalized spacial score (nSPS) is 25.4. The second kappa shape index (κ2) is 5.37. The minimum absolute atomic E-state index is 0.254. The maximum atomic E-state index is 13.0. The highest BCUT2D eigenvalue weighted by Gasteiger charge is 2.32. The van der Waals surface area contributed by atoms with Crippen LogP contribution in [0.1, 0.15) is 36.8 Å². The van der Waals surface area contributed by atoms with Crippen molar-refractivity contribution < 1.29 is 17.9 Å². The van der Waals surface area contributed by atoms with Gasteiger partial charge in [0.1, 0.15) is 5.75 Å². The Bertz CT molecular complexity index is 565. The third-order valence-corrected chi connectivity index (χ3v) is 4.23. The Morgan fingerprint density at radius 3 is 2.67 bits per heavy atom. The van der Waals surface area contributed by atoms with Crippen LogP contribution in [0.2, 0.25) is 0 Å². The van der Waals surface area contributed by atoms with E-state index in [1.54, 1.807) is 6.07 Å². The molecule has 0 aliphatic carbocycles. The predicted octanol–water partition coefficient (Wildman–Crippen LogP) is 4.01. The molecule has 1 N–H and O–H groups in total. The lowest BCUT2D eigenvalue weighted by Crippen LogP contribution is -2.44. The predicted molar refractivity (Wildman–Crippen MR) is 75.2 cm³/mol. The molecular formula is C16H18F3NO. The number of hydrogen-bond donors (Lipinski definition) is 1. The molecular weight excluding hydrogens is 279 g/mol. The number of alkyl halides is 3. The number of benzene rings is 1. The van der Waals surface area contributed by atoms with Gasteiger partial charge in [0.05, 0.1) is 12.7 Å². The van der Waals surface area contributed by atoms with E-state index in [-0.39, 0.29) is 11.8 Å². The van der Waals surface area contributed by atoms with Crippen molar-refractivity contribution in [2.45, 2.75) is 43.9 Å². The van der Waals surface area contributed by atoms with Crippen molar-refractivity contribution in [3.05, 3.63) is 35.4 Å². The lowest BCUT2D eigenvalue weighted by molar-refractivity contribution is -0.137. The lowest BCUT2D eigenvalue weighted by atomic mass is 9.84. The van der Waals surface area contributed by atoms with Crippen LogP contribution in [-0.4, -0.2) is 19.2 Å². The minimum atomic E-state index is -4.35. The van der Waals surface area contributed by atoms with Gasteiger partial charge in [0, 0.05) is 12.1 Å². The van der Waals surface area contributed by atoms with Crippen LogP contribution >= 0.6 is 0 Å². The van der Waals surface area contributed by atoms with E-state index >= 15 is 0 Å². The van der Waals surface area contributed by atoms with Crippen LogP contribution in [0.5, 0.6) is 5.75 Å². The van der Waals surface area contributed by atoms with Crippen molar-refractivity contribution in [2.24, 2.45) is 0 Å². The highest BCUT2D eigenvalue weighted by molar-refractivity contribution is 5.69. The average Bonchev–Trinajstić information content (AvgIpc) is 2.45. The number of fused-ring (bicyclic) bond motifs is 2. The Morgan fingerprint density at radius 2 is 2.00 bits per heavy atom. The topological polar surface area (TPSA) is 21.3 Å². The van der Waals surface area contributed by atoms with Crippen molar-refractivity contribution in [1.29, 1.82) is 0 Å². The first-order chi connectivity index (χ1) is 9.95. The highest BCUT2D eigenvalue weighted by Crippen LogP contribution is 2.37. The molecule has 2 nitrogen and oxygen atoms in total. The number of ether oxygens (including phenoxy) is 1. The third kappa shape index (κ3) is 3.07. The second-order valence-electron chi connectivity index (χ2n) is 5.74. The monoisotopic (exact) mass is 297 g/mol. The van der Waals surface area contributed by atoms with Crippen LogP contribution < -0.4 is 10.1 Å². The number of hydrogen-bond acceptors (Lipinski definition) is 2. The molecule has 114 valence electrons. The summed E-state index contributed by atoms with van der Waals surface area (Å²) < 4.78 is 44.0. The van der Waals surface area contributed by atoms with Crippen LogP contribution in [0.3, 0.4) is 0 Å². The number of halogens is 3. The molecule has 0 radical (unpaired) electrons. The van der Waals surface area contributed by atoms with Gasteiger partial charge in [0.25, 0.3) is 0 Å². The van der Waals surface area contributed by atoms with Gasteiger partial charge in [-0.1, -0.05) is 12.5 Å². The molecule has 2 bridgehead atoms. The van der Waals surface area contributed by atoms with E-state index in [1.807, 2.05) is 0 Å². The molecule has 1 aromatic carbocycles. The van der Waals surface area contributed by atoms with Gasteiger partial charge in [-0.3, -0.25) is 0 Å². The second-order valence-corrected chi connectivity index (χ2v) is 5.74. The molecule has 2 unspecified atom stereocenters. The SMILES string of the molecule is COc1cc(C2=CC3CCCC(C2)N3)cc(C(F)(F)F)c1. The van der Waals surface area contributed by atoms with Gasteiger partial charge < -0.3 is 10.1 Å². The van der Waals surface area contributed by atoms with E-state index in [0.29, 0.717) is 11.6 Å². The number of piperidine rings is 1. The molecule has 1 fully saturated rings. The quantitative estimate of drug-likeness (QED) is 0.890. The molecule has 2 aliphatic rings. The third-order valence-electron chi connectivity index (χ3n) is 4.23. The Balaban J connectivity index is 1.99. The van der Waals surface area contributed by atoms with Crippen LogP contribution in [-0.2, 0) is 6.18 Å². The molecule has 1 saturated heterocycles. The van der Waals surface area contributed by atoms with E-state index in [1.165, 1.54) is 19.6 Å². The van der Waals surface area contributed by atoms with E-state index in [2.05, 4.69) is 11.4 Å². The fourth-order valence-electron chi connectivity index (χ4n) is 3.20.